The molecule has 1 fully saturated rings. The molecule has 1 aromatic carbocycles. The number of nitrogen functional groups attached to an aromatic ring is 1. The summed E-state index contributed by atoms with van der Waals surface area (Å²) in [7, 11) is 0. The normalized spacial score (nSPS) is 17.7. The number of hydrogen-bond donors (Lipinski definition) is 2. The molecule has 0 unspecified atom stereocenters. The number of rotatable bonds is 3. The van der Waals surface area contributed by atoms with Crippen molar-refractivity contribution in [2.75, 3.05) is 12.3 Å². The Hall–Kier alpha value is -1.51. The number of nitrogens with two attached hydrogens (primary N) is 1. The van der Waals surface area contributed by atoms with E-state index in [1.165, 1.54) is 25.7 Å². The minimum Gasteiger partial charge on any atom is -0.398 e. The molecule has 0 heterocycles. The van der Waals surface area contributed by atoms with Crippen molar-refractivity contribution in [3.05, 3.63) is 29.3 Å². The Labute approximate surface area is 109 Å². The summed E-state index contributed by atoms with van der Waals surface area (Å²) in [6.45, 7) is 4.97. The average Bonchev–Trinajstić information content (AvgIpc) is 2.74. The lowest BCUT2D eigenvalue weighted by Gasteiger charge is -2.23. The lowest BCUT2D eigenvalue weighted by molar-refractivity contribution is 0.0935. The van der Waals surface area contributed by atoms with Gasteiger partial charge in [0.2, 0.25) is 0 Å². The van der Waals surface area contributed by atoms with E-state index in [4.69, 9.17) is 5.73 Å². The van der Waals surface area contributed by atoms with Gasteiger partial charge < -0.3 is 11.1 Å². The minimum absolute atomic E-state index is 0.0550. The quantitative estimate of drug-likeness (QED) is 0.806. The van der Waals surface area contributed by atoms with E-state index in [-0.39, 0.29) is 11.3 Å². The highest BCUT2D eigenvalue weighted by Crippen LogP contribution is 2.36. The molecule has 0 spiro atoms. The molecule has 2 rings (SSSR count). The van der Waals surface area contributed by atoms with Crippen molar-refractivity contribution in [2.45, 2.75) is 39.5 Å². The summed E-state index contributed by atoms with van der Waals surface area (Å²) in [6.07, 6.45) is 4.96. The molecule has 1 saturated carbocycles. The van der Waals surface area contributed by atoms with Gasteiger partial charge >= 0.3 is 0 Å². The highest BCUT2D eigenvalue weighted by molar-refractivity contribution is 5.99. The molecule has 0 radical (unpaired) electrons. The smallest absolute Gasteiger partial charge is 0.253 e. The summed E-state index contributed by atoms with van der Waals surface area (Å²) in [6, 6.07) is 5.56. The monoisotopic (exact) mass is 246 g/mol. The number of benzene rings is 1. The third kappa shape index (κ3) is 2.84. The average molecular weight is 246 g/mol. The van der Waals surface area contributed by atoms with Crippen LogP contribution >= 0.6 is 0 Å². The molecule has 1 amide bonds. The summed E-state index contributed by atoms with van der Waals surface area (Å²) in [5, 5.41) is 3.02. The summed E-state index contributed by atoms with van der Waals surface area (Å²) < 4.78 is 0. The molecule has 18 heavy (non-hydrogen) atoms. The van der Waals surface area contributed by atoms with Crippen LogP contribution in [0, 0.1) is 12.3 Å². The van der Waals surface area contributed by atoms with Crippen molar-refractivity contribution < 1.29 is 4.79 Å². The van der Waals surface area contributed by atoms with E-state index in [9.17, 15) is 4.79 Å². The van der Waals surface area contributed by atoms with Crippen molar-refractivity contribution in [2.24, 2.45) is 5.41 Å². The van der Waals surface area contributed by atoms with E-state index >= 15 is 0 Å². The fourth-order valence-electron chi connectivity index (χ4n) is 2.68. The second-order valence-corrected chi connectivity index (χ2v) is 5.79. The molecule has 0 saturated heterocycles. The van der Waals surface area contributed by atoms with Gasteiger partial charge in [-0.3, -0.25) is 4.79 Å². The van der Waals surface area contributed by atoms with Gasteiger partial charge in [0.15, 0.2) is 0 Å². The van der Waals surface area contributed by atoms with Crippen LogP contribution in [0.2, 0.25) is 0 Å². The van der Waals surface area contributed by atoms with Crippen LogP contribution in [0.4, 0.5) is 5.69 Å². The van der Waals surface area contributed by atoms with E-state index in [0.717, 1.165) is 12.1 Å². The molecule has 1 aliphatic rings. The van der Waals surface area contributed by atoms with Crippen molar-refractivity contribution in [3.63, 3.8) is 0 Å². The first-order chi connectivity index (χ1) is 8.50. The molecule has 98 valence electrons. The van der Waals surface area contributed by atoms with E-state index < -0.39 is 0 Å². The SMILES string of the molecule is Cc1ccc(C(=O)NCC2(C)CCCC2)c(N)c1. The van der Waals surface area contributed by atoms with Gasteiger partial charge in [-0.05, 0) is 42.9 Å². The maximum atomic E-state index is 12.1. The maximum Gasteiger partial charge on any atom is 0.253 e. The van der Waals surface area contributed by atoms with Gasteiger partial charge in [0, 0.05) is 12.2 Å². The molecule has 1 aromatic rings. The van der Waals surface area contributed by atoms with Gasteiger partial charge in [-0.2, -0.15) is 0 Å². The summed E-state index contributed by atoms with van der Waals surface area (Å²) in [5.41, 5.74) is 8.37. The van der Waals surface area contributed by atoms with E-state index in [1.807, 2.05) is 19.1 Å². The van der Waals surface area contributed by atoms with Crippen LogP contribution in [0.3, 0.4) is 0 Å². The first-order valence-electron chi connectivity index (χ1n) is 6.65. The third-order valence-electron chi connectivity index (χ3n) is 3.94. The Bertz CT molecular complexity index is 448. The summed E-state index contributed by atoms with van der Waals surface area (Å²) in [5.74, 6) is -0.0550. The lowest BCUT2D eigenvalue weighted by Crippen LogP contribution is -2.34. The van der Waals surface area contributed by atoms with Crippen LogP contribution in [0.25, 0.3) is 0 Å². The number of anilines is 1. The second kappa shape index (κ2) is 5.01. The molecule has 0 bridgehead atoms. The van der Waals surface area contributed by atoms with Crippen molar-refractivity contribution in [1.82, 2.24) is 5.32 Å². The number of amides is 1. The van der Waals surface area contributed by atoms with Crippen LogP contribution in [-0.4, -0.2) is 12.5 Å². The molecule has 3 N–H and O–H groups in total. The predicted molar refractivity (Wildman–Crippen MR) is 74.5 cm³/mol. The number of carbonyl (C=O) groups excluding carboxylic acids is 1. The standard InChI is InChI=1S/C15H22N2O/c1-11-5-6-12(13(16)9-11)14(18)17-10-15(2)7-3-4-8-15/h5-6,9H,3-4,7-8,10,16H2,1-2H3,(H,17,18). The Kier molecular flexibility index (Phi) is 3.60. The number of aryl methyl sites for hydroxylation is 1. The second-order valence-electron chi connectivity index (χ2n) is 5.79. The third-order valence-corrected chi connectivity index (χ3v) is 3.94. The minimum atomic E-state index is -0.0550. The fourth-order valence-corrected chi connectivity index (χ4v) is 2.68. The first kappa shape index (κ1) is 12.9. The highest BCUT2D eigenvalue weighted by Gasteiger charge is 2.29. The van der Waals surface area contributed by atoms with Gasteiger partial charge in [0.1, 0.15) is 0 Å². The summed E-state index contributed by atoms with van der Waals surface area (Å²) >= 11 is 0. The van der Waals surface area contributed by atoms with Gasteiger partial charge in [-0.25, -0.2) is 0 Å². The Morgan fingerprint density at radius 1 is 1.39 bits per heavy atom. The number of nitrogens with one attached hydrogen (secondary N) is 1. The molecule has 0 aromatic heterocycles. The van der Waals surface area contributed by atoms with Crippen LogP contribution < -0.4 is 11.1 Å². The Balaban J connectivity index is 1.99. The van der Waals surface area contributed by atoms with Crippen LogP contribution in [0.1, 0.15) is 48.5 Å². The number of hydrogen-bond acceptors (Lipinski definition) is 2. The van der Waals surface area contributed by atoms with Crippen LogP contribution in [-0.2, 0) is 0 Å². The van der Waals surface area contributed by atoms with Gasteiger partial charge in [-0.1, -0.05) is 25.8 Å². The molecule has 3 nitrogen and oxygen atoms in total. The maximum absolute atomic E-state index is 12.1. The molecular formula is C15H22N2O. The topological polar surface area (TPSA) is 55.1 Å². The number of carbonyl (C=O) groups is 1. The molecule has 1 aliphatic carbocycles. The zero-order valence-corrected chi connectivity index (χ0v) is 11.3. The van der Waals surface area contributed by atoms with Gasteiger partial charge in [0.05, 0.1) is 5.56 Å². The van der Waals surface area contributed by atoms with E-state index in [2.05, 4.69) is 12.2 Å². The van der Waals surface area contributed by atoms with Crippen molar-refractivity contribution in [1.29, 1.82) is 0 Å². The Morgan fingerprint density at radius 3 is 2.67 bits per heavy atom. The molecule has 0 aliphatic heterocycles. The van der Waals surface area contributed by atoms with E-state index in [0.29, 0.717) is 11.3 Å². The Morgan fingerprint density at radius 2 is 2.06 bits per heavy atom. The van der Waals surface area contributed by atoms with Crippen LogP contribution in [0.5, 0.6) is 0 Å². The van der Waals surface area contributed by atoms with Gasteiger partial charge in [-0.15, -0.1) is 0 Å². The van der Waals surface area contributed by atoms with Crippen LogP contribution in [0.15, 0.2) is 18.2 Å². The van der Waals surface area contributed by atoms with Gasteiger partial charge in [0.25, 0.3) is 5.91 Å². The largest absolute Gasteiger partial charge is 0.398 e. The zero-order valence-electron chi connectivity index (χ0n) is 11.3. The zero-order chi connectivity index (χ0) is 13.2. The molecule has 3 heteroatoms. The fraction of sp³-hybridized carbons (Fsp3) is 0.533. The lowest BCUT2D eigenvalue weighted by atomic mass is 9.89. The van der Waals surface area contributed by atoms with Crippen molar-refractivity contribution in [3.8, 4) is 0 Å². The van der Waals surface area contributed by atoms with Crippen molar-refractivity contribution >= 4 is 11.6 Å². The molecule has 0 atom stereocenters. The predicted octanol–water partition coefficient (Wildman–Crippen LogP) is 2.89. The highest BCUT2D eigenvalue weighted by atomic mass is 16.1. The molecular weight excluding hydrogens is 224 g/mol. The first-order valence-corrected chi connectivity index (χ1v) is 6.65. The van der Waals surface area contributed by atoms with E-state index in [1.54, 1.807) is 6.07 Å². The summed E-state index contributed by atoms with van der Waals surface area (Å²) in [4.78, 5) is 12.1.